The first-order valence-electron chi connectivity index (χ1n) is 17.8. The minimum atomic E-state index is -0.213. The van der Waals surface area contributed by atoms with Crippen molar-refractivity contribution < 1.29 is 8.83 Å². The molecule has 3 heteroatoms. The van der Waals surface area contributed by atoms with Gasteiger partial charge in [-0.15, -0.1) is 0 Å². The molecule has 8 aromatic rings. The van der Waals surface area contributed by atoms with Crippen LogP contribution < -0.4 is 4.90 Å². The molecule has 1 aliphatic carbocycles. The first-order chi connectivity index (χ1) is 23.8. The van der Waals surface area contributed by atoms with Gasteiger partial charge in [0.1, 0.15) is 22.3 Å². The van der Waals surface area contributed by atoms with Crippen LogP contribution in [0.5, 0.6) is 0 Å². The lowest BCUT2D eigenvalue weighted by Crippen LogP contribution is -2.20. The number of para-hydroxylation sites is 1. The molecule has 0 saturated carbocycles. The fourth-order valence-electron chi connectivity index (χ4n) is 8.35. The van der Waals surface area contributed by atoms with Crippen LogP contribution in [-0.2, 0) is 16.2 Å². The Hall–Kier alpha value is -5.28. The van der Waals surface area contributed by atoms with Crippen LogP contribution >= 0.6 is 0 Å². The zero-order chi connectivity index (χ0) is 34.7. The Morgan fingerprint density at radius 1 is 0.540 bits per heavy atom. The fraction of sp³-hybridized carbons (Fsp3) is 0.234. The van der Waals surface area contributed by atoms with Gasteiger partial charge in [-0.3, -0.25) is 0 Å². The summed E-state index contributed by atoms with van der Waals surface area (Å²) in [5.41, 5.74) is 14.4. The molecule has 6 aromatic carbocycles. The first-order valence-corrected chi connectivity index (χ1v) is 17.8. The fourth-order valence-corrected chi connectivity index (χ4v) is 8.35. The van der Waals surface area contributed by atoms with Gasteiger partial charge in [-0.1, -0.05) is 122 Å². The highest BCUT2D eigenvalue weighted by atomic mass is 16.3. The molecule has 3 nitrogen and oxygen atoms in total. The van der Waals surface area contributed by atoms with E-state index in [-0.39, 0.29) is 16.2 Å². The SMILES string of the molecule is CC(C)(C)c1cc(C(C)(C)C)c2oc3cccc(N(c4ccc5c(c4)oc4ccccc45)c4cccc5c4C(C)(C)c4ccccc4-5)c3c2c1. The minimum absolute atomic E-state index is 0.0329. The highest BCUT2D eigenvalue weighted by Crippen LogP contribution is 2.55. The number of furan rings is 2. The van der Waals surface area contributed by atoms with Gasteiger partial charge in [-0.2, -0.15) is 0 Å². The molecular weight excluding hydrogens is 611 g/mol. The van der Waals surface area contributed by atoms with Gasteiger partial charge >= 0.3 is 0 Å². The monoisotopic (exact) mass is 653 g/mol. The number of fused-ring (bicyclic) bond motifs is 9. The van der Waals surface area contributed by atoms with Gasteiger partial charge in [0.25, 0.3) is 0 Å². The summed E-state index contributed by atoms with van der Waals surface area (Å²) >= 11 is 0. The minimum Gasteiger partial charge on any atom is -0.456 e. The van der Waals surface area contributed by atoms with Crippen molar-refractivity contribution >= 4 is 60.9 Å². The Bertz CT molecular complexity index is 2650. The van der Waals surface area contributed by atoms with Crippen molar-refractivity contribution in [3.8, 4) is 11.1 Å². The summed E-state index contributed by atoms with van der Waals surface area (Å²) in [4.78, 5) is 2.46. The van der Waals surface area contributed by atoms with Crippen LogP contribution in [0.15, 0.2) is 124 Å². The smallest absolute Gasteiger partial charge is 0.139 e. The van der Waals surface area contributed by atoms with E-state index in [1.54, 1.807) is 0 Å². The van der Waals surface area contributed by atoms with Gasteiger partial charge in [0.05, 0.1) is 16.8 Å². The first kappa shape index (κ1) is 30.8. The topological polar surface area (TPSA) is 29.5 Å². The van der Waals surface area contributed by atoms with Crippen LogP contribution in [0.1, 0.15) is 77.6 Å². The maximum atomic E-state index is 6.89. The molecule has 0 N–H and O–H groups in total. The second-order valence-corrected chi connectivity index (χ2v) is 16.6. The molecule has 1 aliphatic rings. The highest BCUT2D eigenvalue weighted by molar-refractivity contribution is 6.15. The third kappa shape index (κ3) is 4.42. The molecule has 0 bridgehead atoms. The zero-order valence-electron chi connectivity index (χ0n) is 30.2. The number of rotatable bonds is 3. The number of hydrogen-bond acceptors (Lipinski definition) is 3. The molecule has 0 unspecified atom stereocenters. The van der Waals surface area contributed by atoms with Crippen LogP contribution in [0.2, 0.25) is 0 Å². The molecular formula is C47H43NO2. The predicted molar refractivity (Wildman–Crippen MR) is 211 cm³/mol. The maximum Gasteiger partial charge on any atom is 0.139 e. The van der Waals surface area contributed by atoms with E-state index < -0.39 is 0 Å². The van der Waals surface area contributed by atoms with Crippen molar-refractivity contribution in [3.05, 3.63) is 138 Å². The lowest BCUT2D eigenvalue weighted by atomic mass is 9.79. The molecule has 0 atom stereocenters. The maximum absolute atomic E-state index is 6.89. The molecule has 0 saturated heterocycles. The van der Waals surface area contributed by atoms with E-state index in [4.69, 9.17) is 8.83 Å². The molecule has 248 valence electrons. The van der Waals surface area contributed by atoms with Crippen molar-refractivity contribution in [1.29, 1.82) is 0 Å². The van der Waals surface area contributed by atoms with E-state index in [2.05, 4.69) is 169 Å². The summed E-state index contributed by atoms with van der Waals surface area (Å²) in [5, 5.41) is 4.52. The van der Waals surface area contributed by atoms with E-state index in [9.17, 15) is 0 Å². The Balaban J connectivity index is 1.40. The van der Waals surface area contributed by atoms with Crippen LogP contribution in [0.3, 0.4) is 0 Å². The highest BCUT2D eigenvalue weighted by Gasteiger charge is 2.39. The Labute approximate surface area is 294 Å². The van der Waals surface area contributed by atoms with E-state index in [0.717, 1.165) is 60.9 Å². The normalized spacial score (nSPS) is 14.2. The Morgan fingerprint density at radius 2 is 1.22 bits per heavy atom. The summed E-state index contributed by atoms with van der Waals surface area (Å²) in [6, 6.07) is 41.9. The van der Waals surface area contributed by atoms with E-state index in [1.165, 1.54) is 33.4 Å². The predicted octanol–water partition coefficient (Wildman–Crippen LogP) is 13.9. The third-order valence-electron chi connectivity index (χ3n) is 10.9. The summed E-state index contributed by atoms with van der Waals surface area (Å²) < 4.78 is 13.4. The summed E-state index contributed by atoms with van der Waals surface area (Å²) in [5.74, 6) is 0. The largest absolute Gasteiger partial charge is 0.456 e. The third-order valence-corrected chi connectivity index (χ3v) is 10.9. The van der Waals surface area contributed by atoms with Crippen molar-refractivity contribution in [2.24, 2.45) is 0 Å². The summed E-state index contributed by atoms with van der Waals surface area (Å²) in [6.45, 7) is 18.5. The Kier molecular flexibility index (Phi) is 6.38. The second-order valence-electron chi connectivity index (χ2n) is 16.6. The molecule has 0 radical (unpaired) electrons. The lowest BCUT2D eigenvalue weighted by Gasteiger charge is -2.32. The van der Waals surface area contributed by atoms with Gasteiger partial charge in [-0.25, -0.2) is 0 Å². The summed E-state index contributed by atoms with van der Waals surface area (Å²) in [6.07, 6.45) is 0. The number of benzene rings is 6. The van der Waals surface area contributed by atoms with E-state index in [0.29, 0.717) is 0 Å². The average molecular weight is 654 g/mol. The zero-order valence-corrected chi connectivity index (χ0v) is 30.2. The van der Waals surface area contributed by atoms with Crippen LogP contribution in [0, 0.1) is 0 Å². The van der Waals surface area contributed by atoms with Crippen LogP contribution in [0.4, 0.5) is 17.1 Å². The number of hydrogen-bond donors (Lipinski definition) is 0. The molecule has 9 rings (SSSR count). The van der Waals surface area contributed by atoms with Crippen LogP contribution in [0.25, 0.3) is 55.0 Å². The standard InChI is InChI=1S/C47H43NO2/c1-45(2,3)28-25-34-42-37(19-14-22-40(42)50-44(34)36(26-28)46(4,5)6)48(29-23-24-32-31-16-10-12-21-39(31)49-41(32)27-29)38-20-13-17-33-30-15-9-11-18-35(30)47(7,8)43(33)38/h9-27H,1-8H3. The number of anilines is 3. The molecule has 50 heavy (non-hydrogen) atoms. The molecule has 0 spiro atoms. The molecule has 0 fully saturated rings. The molecule has 2 heterocycles. The van der Waals surface area contributed by atoms with Gasteiger partial charge in [0.2, 0.25) is 0 Å². The van der Waals surface area contributed by atoms with Crippen LogP contribution in [-0.4, -0.2) is 0 Å². The summed E-state index contributed by atoms with van der Waals surface area (Å²) in [7, 11) is 0. The van der Waals surface area contributed by atoms with Gasteiger partial charge in [0, 0.05) is 38.9 Å². The molecule has 2 aromatic heterocycles. The lowest BCUT2D eigenvalue weighted by molar-refractivity contribution is 0.559. The van der Waals surface area contributed by atoms with Gasteiger partial charge < -0.3 is 13.7 Å². The quantitative estimate of drug-likeness (QED) is 0.190. The van der Waals surface area contributed by atoms with E-state index in [1.807, 2.05) is 6.07 Å². The number of nitrogens with zero attached hydrogens (tertiary/aromatic N) is 1. The van der Waals surface area contributed by atoms with Crippen molar-refractivity contribution in [2.45, 2.75) is 71.6 Å². The second kappa shape index (κ2) is 10.4. The van der Waals surface area contributed by atoms with Crippen molar-refractivity contribution in [3.63, 3.8) is 0 Å². The van der Waals surface area contributed by atoms with Crippen molar-refractivity contribution in [2.75, 3.05) is 4.90 Å². The average Bonchev–Trinajstić information content (AvgIpc) is 3.72. The molecule has 0 aliphatic heterocycles. The molecule has 0 amide bonds. The van der Waals surface area contributed by atoms with Gasteiger partial charge in [-0.05, 0) is 81.1 Å². The van der Waals surface area contributed by atoms with Crippen molar-refractivity contribution in [1.82, 2.24) is 0 Å². The Morgan fingerprint density at radius 3 is 2.02 bits per heavy atom. The van der Waals surface area contributed by atoms with Gasteiger partial charge in [0.15, 0.2) is 0 Å². The van der Waals surface area contributed by atoms with E-state index >= 15 is 0 Å².